The average Bonchev–Trinajstić information content (AvgIpc) is 2.64. The number of amides is 1. The first kappa shape index (κ1) is 18.7. The number of hydrogen-bond acceptors (Lipinski definition) is 4. The van der Waals surface area contributed by atoms with E-state index in [-0.39, 0.29) is 12.0 Å². The molecule has 132 valence electrons. The zero-order valence-corrected chi connectivity index (χ0v) is 14.7. The van der Waals surface area contributed by atoms with Gasteiger partial charge in [0.1, 0.15) is 0 Å². The molecule has 5 heteroatoms. The van der Waals surface area contributed by atoms with Crippen LogP contribution in [-0.2, 0) is 9.47 Å². The molecule has 2 aromatic carbocycles. The van der Waals surface area contributed by atoms with Crippen LogP contribution < -0.4 is 5.32 Å². The molecule has 0 bridgehead atoms. The van der Waals surface area contributed by atoms with Gasteiger partial charge in [0.15, 0.2) is 0 Å². The van der Waals surface area contributed by atoms with Crippen molar-refractivity contribution in [2.24, 2.45) is 0 Å². The molecule has 0 radical (unpaired) electrons. The molecule has 1 amide bonds. The smallest absolute Gasteiger partial charge is 0.338 e. The summed E-state index contributed by atoms with van der Waals surface area (Å²) < 4.78 is 10.2. The molecule has 1 N–H and O–H groups in total. The van der Waals surface area contributed by atoms with Crippen LogP contribution in [0.25, 0.3) is 11.1 Å². The van der Waals surface area contributed by atoms with Crippen molar-refractivity contribution in [1.29, 1.82) is 0 Å². The Bertz CT molecular complexity index is 740. The third-order valence-corrected chi connectivity index (χ3v) is 3.61. The van der Waals surface area contributed by atoms with Gasteiger partial charge in [-0.25, -0.2) is 4.79 Å². The molecule has 0 saturated heterocycles. The van der Waals surface area contributed by atoms with Crippen molar-refractivity contribution in [3.05, 3.63) is 59.7 Å². The van der Waals surface area contributed by atoms with Crippen molar-refractivity contribution >= 4 is 11.9 Å². The maximum absolute atomic E-state index is 12.3. The Balaban J connectivity index is 2.17. The van der Waals surface area contributed by atoms with Crippen LogP contribution in [-0.4, -0.2) is 38.2 Å². The summed E-state index contributed by atoms with van der Waals surface area (Å²) in [6, 6.07) is 14.3. The first-order valence-corrected chi connectivity index (χ1v) is 8.20. The maximum Gasteiger partial charge on any atom is 0.338 e. The van der Waals surface area contributed by atoms with Gasteiger partial charge >= 0.3 is 5.97 Å². The summed E-state index contributed by atoms with van der Waals surface area (Å²) in [6.45, 7) is 4.81. The van der Waals surface area contributed by atoms with Gasteiger partial charge in [0.05, 0.1) is 25.4 Å². The number of hydrogen-bond donors (Lipinski definition) is 1. The molecular formula is C20H23NO4. The van der Waals surface area contributed by atoms with E-state index in [2.05, 4.69) is 5.32 Å². The Hall–Kier alpha value is -2.66. The van der Waals surface area contributed by atoms with Gasteiger partial charge in [-0.15, -0.1) is 0 Å². The molecule has 0 atom stereocenters. The van der Waals surface area contributed by atoms with Crippen molar-refractivity contribution in [2.45, 2.75) is 20.0 Å². The van der Waals surface area contributed by atoms with E-state index in [1.165, 1.54) is 7.11 Å². The Morgan fingerprint density at radius 1 is 1.08 bits per heavy atom. The lowest BCUT2D eigenvalue weighted by Gasteiger charge is -2.11. The van der Waals surface area contributed by atoms with Gasteiger partial charge in [0, 0.05) is 12.1 Å². The number of ether oxygens (including phenoxy) is 2. The summed E-state index contributed by atoms with van der Waals surface area (Å²) >= 11 is 0. The third kappa shape index (κ3) is 5.16. The molecule has 0 unspecified atom stereocenters. The van der Waals surface area contributed by atoms with Crippen molar-refractivity contribution in [3.63, 3.8) is 0 Å². The normalized spacial score (nSPS) is 10.6. The first-order chi connectivity index (χ1) is 12.0. The minimum absolute atomic E-state index is 0.134. The number of rotatable bonds is 7. The zero-order chi connectivity index (χ0) is 18.2. The highest BCUT2D eigenvalue weighted by molar-refractivity contribution is 5.99. The largest absolute Gasteiger partial charge is 0.465 e. The number of esters is 1. The van der Waals surface area contributed by atoms with Crippen molar-refractivity contribution in [1.82, 2.24) is 5.32 Å². The minimum Gasteiger partial charge on any atom is -0.465 e. The highest BCUT2D eigenvalue weighted by Crippen LogP contribution is 2.25. The monoisotopic (exact) mass is 341 g/mol. The van der Waals surface area contributed by atoms with E-state index >= 15 is 0 Å². The van der Waals surface area contributed by atoms with Gasteiger partial charge in [-0.3, -0.25) is 4.79 Å². The summed E-state index contributed by atoms with van der Waals surface area (Å²) in [7, 11) is 1.35. The number of nitrogens with one attached hydrogen (secondary N) is 1. The van der Waals surface area contributed by atoms with E-state index in [4.69, 9.17) is 9.47 Å². The Morgan fingerprint density at radius 3 is 2.56 bits per heavy atom. The van der Waals surface area contributed by atoms with Gasteiger partial charge < -0.3 is 14.8 Å². The highest BCUT2D eigenvalue weighted by Gasteiger charge is 2.14. The predicted molar refractivity (Wildman–Crippen MR) is 96.6 cm³/mol. The van der Waals surface area contributed by atoms with E-state index < -0.39 is 5.97 Å². The van der Waals surface area contributed by atoms with Gasteiger partial charge in [0.2, 0.25) is 0 Å². The fourth-order valence-electron chi connectivity index (χ4n) is 2.41. The molecule has 2 aromatic rings. The number of methoxy groups -OCH3 is 1. The number of carbonyl (C=O) groups is 2. The lowest BCUT2D eigenvalue weighted by Crippen LogP contribution is -2.28. The molecule has 25 heavy (non-hydrogen) atoms. The van der Waals surface area contributed by atoms with E-state index in [0.29, 0.717) is 24.3 Å². The second kappa shape index (κ2) is 8.99. The molecule has 0 aliphatic heterocycles. The van der Waals surface area contributed by atoms with E-state index in [1.807, 2.05) is 32.0 Å². The van der Waals surface area contributed by atoms with Crippen LogP contribution >= 0.6 is 0 Å². The van der Waals surface area contributed by atoms with Crippen LogP contribution in [0.1, 0.15) is 34.6 Å². The Labute approximate surface area is 148 Å². The summed E-state index contributed by atoms with van der Waals surface area (Å²) in [5.41, 5.74) is 2.51. The van der Waals surface area contributed by atoms with Crippen LogP contribution in [0.15, 0.2) is 48.5 Å². The van der Waals surface area contributed by atoms with Crippen molar-refractivity contribution in [2.75, 3.05) is 20.3 Å². The van der Waals surface area contributed by atoms with Crippen LogP contribution in [0.3, 0.4) is 0 Å². The van der Waals surface area contributed by atoms with E-state index in [9.17, 15) is 9.59 Å². The van der Waals surface area contributed by atoms with Gasteiger partial charge in [-0.05, 0) is 43.2 Å². The zero-order valence-electron chi connectivity index (χ0n) is 14.7. The molecule has 0 spiro atoms. The molecule has 0 heterocycles. The van der Waals surface area contributed by atoms with Crippen LogP contribution in [0.4, 0.5) is 0 Å². The lowest BCUT2D eigenvalue weighted by molar-refractivity contribution is 0.0601. The van der Waals surface area contributed by atoms with Crippen LogP contribution in [0.5, 0.6) is 0 Å². The molecular weight excluding hydrogens is 318 g/mol. The SMILES string of the molecule is COC(=O)c1ccccc1-c1cccc(C(=O)NCCOC(C)C)c1. The standard InChI is InChI=1S/C20H23NO4/c1-14(2)25-12-11-21-19(22)16-8-6-7-15(13-16)17-9-4-5-10-18(17)20(23)24-3/h4-10,13-14H,11-12H2,1-3H3,(H,21,22). The summed E-state index contributed by atoms with van der Waals surface area (Å²) in [6.07, 6.45) is 0.134. The summed E-state index contributed by atoms with van der Waals surface area (Å²) in [5, 5.41) is 2.83. The highest BCUT2D eigenvalue weighted by atomic mass is 16.5. The quantitative estimate of drug-likeness (QED) is 0.620. The topological polar surface area (TPSA) is 64.6 Å². The number of benzene rings is 2. The third-order valence-electron chi connectivity index (χ3n) is 3.61. The molecule has 5 nitrogen and oxygen atoms in total. The first-order valence-electron chi connectivity index (χ1n) is 8.20. The molecule has 0 aromatic heterocycles. The van der Waals surface area contributed by atoms with Crippen molar-refractivity contribution in [3.8, 4) is 11.1 Å². The average molecular weight is 341 g/mol. The fourth-order valence-corrected chi connectivity index (χ4v) is 2.41. The van der Waals surface area contributed by atoms with Crippen molar-refractivity contribution < 1.29 is 19.1 Å². The second-order valence-electron chi connectivity index (χ2n) is 5.79. The minimum atomic E-state index is -0.406. The van der Waals surface area contributed by atoms with Gasteiger partial charge in [0.25, 0.3) is 5.91 Å². The summed E-state index contributed by atoms with van der Waals surface area (Å²) in [5.74, 6) is -0.582. The maximum atomic E-state index is 12.3. The Morgan fingerprint density at radius 2 is 1.84 bits per heavy atom. The second-order valence-corrected chi connectivity index (χ2v) is 5.79. The molecule has 0 aliphatic rings. The molecule has 0 aliphatic carbocycles. The number of carbonyl (C=O) groups excluding carboxylic acids is 2. The summed E-state index contributed by atoms with van der Waals surface area (Å²) in [4.78, 5) is 24.2. The Kier molecular flexibility index (Phi) is 6.71. The van der Waals surface area contributed by atoms with Gasteiger partial charge in [-0.1, -0.05) is 30.3 Å². The molecule has 0 saturated carbocycles. The van der Waals surface area contributed by atoms with Crippen LogP contribution in [0, 0.1) is 0 Å². The fraction of sp³-hybridized carbons (Fsp3) is 0.300. The predicted octanol–water partition coefficient (Wildman–Crippen LogP) is 3.30. The van der Waals surface area contributed by atoms with Crippen LogP contribution in [0.2, 0.25) is 0 Å². The van der Waals surface area contributed by atoms with E-state index in [1.54, 1.807) is 30.3 Å². The molecule has 0 fully saturated rings. The van der Waals surface area contributed by atoms with E-state index in [0.717, 1.165) is 11.1 Å². The lowest BCUT2D eigenvalue weighted by atomic mass is 9.98. The molecule has 2 rings (SSSR count). The van der Waals surface area contributed by atoms with Gasteiger partial charge in [-0.2, -0.15) is 0 Å².